The van der Waals surface area contributed by atoms with Crippen molar-refractivity contribution in [3.63, 3.8) is 0 Å². The second-order valence-electron chi connectivity index (χ2n) is 7.78. The van der Waals surface area contributed by atoms with Crippen molar-refractivity contribution in [1.82, 2.24) is 25.8 Å². The third-order valence-corrected chi connectivity index (χ3v) is 5.86. The Morgan fingerprint density at radius 2 is 1.90 bits per heavy atom. The second kappa shape index (κ2) is 9.84. The van der Waals surface area contributed by atoms with Gasteiger partial charge < -0.3 is 20.9 Å². The van der Waals surface area contributed by atoms with Crippen LogP contribution in [0.3, 0.4) is 0 Å². The van der Waals surface area contributed by atoms with Crippen molar-refractivity contribution in [3.05, 3.63) is 35.9 Å². The molecule has 29 heavy (non-hydrogen) atoms. The number of piperazine rings is 1. The average Bonchev–Trinajstić information content (AvgIpc) is 3.22. The zero-order chi connectivity index (χ0) is 20.8. The third kappa shape index (κ3) is 5.33. The molecular weight excluding hydrogens is 370 g/mol. The maximum absolute atomic E-state index is 12.9. The Morgan fingerprint density at radius 1 is 1.14 bits per heavy atom. The van der Waals surface area contributed by atoms with E-state index >= 15 is 0 Å². The maximum Gasteiger partial charge on any atom is 0.244 e. The van der Waals surface area contributed by atoms with Crippen molar-refractivity contribution in [2.24, 2.45) is 0 Å². The Balaban J connectivity index is 1.63. The molecule has 2 fully saturated rings. The normalized spacial score (nSPS) is 22.6. The predicted molar refractivity (Wildman–Crippen MR) is 110 cm³/mol. The predicted octanol–water partition coefficient (Wildman–Crippen LogP) is -0.298. The van der Waals surface area contributed by atoms with Crippen molar-refractivity contribution < 1.29 is 14.4 Å². The van der Waals surface area contributed by atoms with Crippen LogP contribution in [0.2, 0.25) is 0 Å². The molecule has 2 aliphatic rings. The van der Waals surface area contributed by atoms with Crippen LogP contribution < -0.4 is 16.0 Å². The molecule has 8 nitrogen and oxygen atoms in total. The van der Waals surface area contributed by atoms with Gasteiger partial charge in [-0.3, -0.25) is 19.3 Å². The Bertz CT molecular complexity index is 726. The molecule has 0 aliphatic carbocycles. The highest BCUT2D eigenvalue weighted by molar-refractivity contribution is 5.91. The lowest BCUT2D eigenvalue weighted by atomic mass is 10.1. The quantitative estimate of drug-likeness (QED) is 0.583. The van der Waals surface area contributed by atoms with E-state index in [9.17, 15) is 14.4 Å². The van der Waals surface area contributed by atoms with Gasteiger partial charge in [0.05, 0.1) is 12.6 Å². The zero-order valence-electron chi connectivity index (χ0n) is 17.2. The van der Waals surface area contributed by atoms with Crippen LogP contribution in [0.4, 0.5) is 0 Å². The molecule has 3 N–H and O–H groups in total. The van der Waals surface area contributed by atoms with Crippen LogP contribution in [-0.2, 0) is 20.9 Å². The van der Waals surface area contributed by atoms with Gasteiger partial charge in [0, 0.05) is 25.7 Å². The van der Waals surface area contributed by atoms with Gasteiger partial charge in [0.25, 0.3) is 0 Å². The number of nitrogens with one attached hydrogen (secondary N) is 3. The number of hydrogen-bond acceptors (Lipinski definition) is 5. The van der Waals surface area contributed by atoms with Gasteiger partial charge in [-0.15, -0.1) is 0 Å². The van der Waals surface area contributed by atoms with Gasteiger partial charge in [-0.1, -0.05) is 30.3 Å². The number of carbonyl (C=O) groups excluding carboxylic acids is 3. The molecule has 1 aromatic carbocycles. The number of nitrogens with zero attached hydrogens (tertiary/aromatic N) is 2. The molecular formula is C21H31N5O3. The Labute approximate surface area is 172 Å². The molecule has 0 saturated carbocycles. The van der Waals surface area contributed by atoms with E-state index in [0.717, 1.165) is 24.9 Å². The molecule has 2 saturated heterocycles. The molecule has 3 amide bonds. The van der Waals surface area contributed by atoms with Gasteiger partial charge in [0.1, 0.15) is 6.04 Å². The van der Waals surface area contributed by atoms with E-state index in [0.29, 0.717) is 25.7 Å². The first kappa shape index (κ1) is 21.3. The van der Waals surface area contributed by atoms with Crippen molar-refractivity contribution in [1.29, 1.82) is 0 Å². The van der Waals surface area contributed by atoms with Crippen LogP contribution in [-0.4, -0.2) is 78.9 Å². The molecule has 0 aromatic heterocycles. The minimum atomic E-state index is -0.542. The molecule has 158 valence electrons. The first-order chi connectivity index (χ1) is 14.0. The summed E-state index contributed by atoms with van der Waals surface area (Å²) in [6.07, 6.45) is 2.12. The van der Waals surface area contributed by atoms with Gasteiger partial charge in [-0.2, -0.15) is 0 Å². The number of hydrogen-bond donors (Lipinski definition) is 3. The lowest BCUT2D eigenvalue weighted by molar-refractivity contribution is -0.145. The van der Waals surface area contributed by atoms with Crippen LogP contribution in [0.5, 0.6) is 0 Å². The number of fused-ring (bicyclic) bond motifs is 1. The molecule has 0 unspecified atom stereocenters. The summed E-state index contributed by atoms with van der Waals surface area (Å²) in [4.78, 5) is 41.8. The van der Waals surface area contributed by atoms with Gasteiger partial charge in [0.15, 0.2) is 0 Å². The highest BCUT2D eigenvalue weighted by Gasteiger charge is 2.41. The fourth-order valence-electron chi connectivity index (χ4n) is 3.97. The maximum atomic E-state index is 12.9. The molecule has 2 heterocycles. The van der Waals surface area contributed by atoms with Gasteiger partial charge >= 0.3 is 0 Å². The van der Waals surface area contributed by atoms with Crippen molar-refractivity contribution in [3.8, 4) is 0 Å². The molecule has 0 bridgehead atoms. The van der Waals surface area contributed by atoms with Crippen molar-refractivity contribution in [2.75, 3.05) is 33.2 Å². The van der Waals surface area contributed by atoms with Crippen LogP contribution >= 0.6 is 0 Å². The summed E-state index contributed by atoms with van der Waals surface area (Å²) < 4.78 is 0. The highest BCUT2D eigenvalue weighted by Crippen LogP contribution is 2.25. The third-order valence-electron chi connectivity index (χ3n) is 5.86. The van der Waals surface area contributed by atoms with Crippen molar-refractivity contribution >= 4 is 17.7 Å². The SMILES string of the molecule is CN[C@@H](C)C(=O)NCC(=O)N1C[C@H]2CCCN2C[C@H]1C(=O)NCc1ccccc1. The number of rotatable bonds is 7. The molecule has 1 aromatic rings. The van der Waals surface area contributed by atoms with Crippen LogP contribution in [0.1, 0.15) is 25.3 Å². The lowest BCUT2D eigenvalue weighted by Gasteiger charge is -2.42. The van der Waals surface area contributed by atoms with E-state index in [4.69, 9.17) is 0 Å². The molecule has 0 spiro atoms. The molecule has 8 heteroatoms. The van der Waals surface area contributed by atoms with Gasteiger partial charge in [-0.25, -0.2) is 0 Å². The van der Waals surface area contributed by atoms with Crippen LogP contribution in [0.25, 0.3) is 0 Å². The van der Waals surface area contributed by atoms with Crippen LogP contribution in [0.15, 0.2) is 30.3 Å². The summed E-state index contributed by atoms with van der Waals surface area (Å²) >= 11 is 0. The Kier molecular flexibility index (Phi) is 7.22. The van der Waals surface area contributed by atoms with Crippen molar-refractivity contribution in [2.45, 2.75) is 44.4 Å². The first-order valence-electron chi connectivity index (χ1n) is 10.3. The Hall–Kier alpha value is -2.45. The summed E-state index contributed by atoms with van der Waals surface area (Å²) in [5, 5.41) is 8.49. The van der Waals surface area contributed by atoms with E-state index < -0.39 is 6.04 Å². The standard InChI is InChI=1S/C21H31N5O3/c1-15(22-2)20(28)24-12-19(27)26-13-17-9-6-10-25(17)14-18(26)21(29)23-11-16-7-4-3-5-8-16/h3-5,7-8,15,17-18,22H,6,9-14H2,1-2H3,(H,23,29)(H,24,28)/t15-,17+,18-/m0/s1. The fourth-order valence-corrected chi connectivity index (χ4v) is 3.97. The number of likely N-dealkylation sites (N-methyl/N-ethyl adjacent to an activating group) is 1. The monoisotopic (exact) mass is 401 g/mol. The molecule has 2 aliphatic heterocycles. The Morgan fingerprint density at radius 3 is 2.62 bits per heavy atom. The lowest BCUT2D eigenvalue weighted by Crippen LogP contribution is -2.63. The number of amides is 3. The smallest absolute Gasteiger partial charge is 0.244 e. The summed E-state index contributed by atoms with van der Waals surface area (Å²) in [7, 11) is 1.69. The molecule has 3 atom stereocenters. The minimum absolute atomic E-state index is 0.0972. The van der Waals surface area contributed by atoms with Gasteiger partial charge in [-0.05, 0) is 38.9 Å². The van der Waals surface area contributed by atoms with Crippen LogP contribution in [0, 0.1) is 0 Å². The molecule has 3 rings (SSSR count). The number of carbonyl (C=O) groups is 3. The van der Waals surface area contributed by atoms with Gasteiger partial charge in [0.2, 0.25) is 17.7 Å². The highest BCUT2D eigenvalue weighted by atomic mass is 16.2. The van der Waals surface area contributed by atoms with E-state index in [2.05, 4.69) is 20.9 Å². The minimum Gasteiger partial charge on any atom is -0.350 e. The topological polar surface area (TPSA) is 93.8 Å². The molecule has 0 radical (unpaired) electrons. The summed E-state index contributed by atoms with van der Waals surface area (Å²) in [5.74, 6) is -0.596. The largest absolute Gasteiger partial charge is 0.350 e. The zero-order valence-corrected chi connectivity index (χ0v) is 17.2. The number of benzene rings is 1. The summed E-state index contributed by atoms with van der Waals surface area (Å²) in [5.41, 5.74) is 1.02. The van der Waals surface area contributed by atoms with E-state index in [1.807, 2.05) is 30.3 Å². The summed E-state index contributed by atoms with van der Waals surface area (Å²) in [6.45, 7) is 4.10. The van der Waals surface area contributed by atoms with E-state index in [-0.39, 0.29) is 30.3 Å². The van der Waals surface area contributed by atoms with E-state index in [1.54, 1.807) is 18.9 Å². The summed E-state index contributed by atoms with van der Waals surface area (Å²) in [6, 6.07) is 9.09. The van der Waals surface area contributed by atoms with E-state index in [1.165, 1.54) is 0 Å². The second-order valence-corrected chi connectivity index (χ2v) is 7.78. The fraction of sp³-hybridized carbons (Fsp3) is 0.571. The first-order valence-corrected chi connectivity index (χ1v) is 10.3. The average molecular weight is 402 g/mol.